The maximum atomic E-state index is 14.7. The van der Waals surface area contributed by atoms with E-state index in [0.717, 1.165) is 21.9 Å². The van der Waals surface area contributed by atoms with Crippen LogP contribution >= 0.6 is 11.6 Å². The van der Waals surface area contributed by atoms with Crippen LogP contribution < -0.4 is 15.1 Å². The first-order chi connectivity index (χ1) is 20.9. The van der Waals surface area contributed by atoms with Crippen LogP contribution in [-0.4, -0.2) is 65.7 Å². The minimum absolute atomic E-state index is 0.0124. The predicted octanol–water partition coefficient (Wildman–Crippen LogP) is 4.22. The van der Waals surface area contributed by atoms with E-state index in [9.17, 15) is 37.2 Å². The fourth-order valence-corrected chi connectivity index (χ4v) is 5.64. The third-order valence-electron chi connectivity index (χ3n) is 7.38. The number of carbonyl (C=O) groups excluding carboxylic acids is 3. The molecule has 2 heterocycles. The summed E-state index contributed by atoms with van der Waals surface area (Å²) in [4.78, 5) is 49.6. The van der Waals surface area contributed by atoms with Gasteiger partial charge in [0.1, 0.15) is 29.5 Å². The topological polar surface area (TPSA) is 110 Å². The van der Waals surface area contributed by atoms with Crippen molar-refractivity contribution < 1.29 is 31.9 Å². The Kier molecular flexibility index (Phi) is 8.58. The van der Waals surface area contributed by atoms with Crippen molar-refractivity contribution in [2.45, 2.75) is 36.9 Å². The molecule has 0 bridgehead atoms. The predicted molar refractivity (Wildman–Crippen MR) is 152 cm³/mol. The van der Waals surface area contributed by atoms with Crippen LogP contribution in [0.2, 0.25) is 5.02 Å². The molecule has 1 saturated carbocycles. The Balaban J connectivity index is 1.66. The van der Waals surface area contributed by atoms with Crippen molar-refractivity contribution in [1.29, 1.82) is 5.26 Å². The van der Waals surface area contributed by atoms with Gasteiger partial charge in [-0.15, -0.1) is 0 Å². The Morgan fingerprint density at radius 2 is 1.82 bits per heavy atom. The Morgan fingerprint density at radius 3 is 2.45 bits per heavy atom. The summed E-state index contributed by atoms with van der Waals surface area (Å²) in [6.07, 6.45) is 0.0232. The molecule has 0 spiro atoms. The molecule has 0 radical (unpaired) electrons. The molecule has 228 valence electrons. The number of hydrogen-bond donors (Lipinski definition) is 1. The Labute approximate surface area is 254 Å². The van der Waals surface area contributed by atoms with Crippen LogP contribution in [0, 0.1) is 23.0 Å². The zero-order chi connectivity index (χ0) is 31.8. The van der Waals surface area contributed by atoms with E-state index in [1.165, 1.54) is 36.5 Å². The van der Waals surface area contributed by atoms with Crippen molar-refractivity contribution in [1.82, 2.24) is 15.2 Å². The number of rotatable bonds is 7. The largest absolute Gasteiger partial charge is 0.351 e. The number of piperazine rings is 1. The van der Waals surface area contributed by atoms with Crippen molar-refractivity contribution in [2.24, 2.45) is 0 Å². The second kappa shape index (κ2) is 12.2. The summed E-state index contributed by atoms with van der Waals surface area (Å²) in [6.45, 7) is -0.218. The fraction of sp³-hybridized carbons (Fsp3) is 0.300. The second-order valence-corrected chi connectivity index (χ2v) is 11.1. The van der Waals surface area contributed by atoms with Gasteiger partial charge >= 0.3 is 0 Å². The number of nitrogens with zero attached hydrogens (tertiary/aromatic N) is 5. The molecular weight excluding hydrogens is 604 g/mol. The molecule has 44 heavy (non-hydrogen) atoms. The standard InChI is InChI=1S/C30H25ClF4N6O3/c1-39-15-24(41(26(42)16-39)25-8-17(14-36)6-7-37-25)29(44)40(21-10-18(32)9-19(33)11-21)27(22-4-2-3-5-23(22)31)28(43)38-20-12-30(34,35)13-20/h2-11,20,24,27H,12-13,15-16H2,1H3,(H,38,43). The van der Waals surface area contributed by atoms with Gasteiger partial charge in [0.05, 0.1) is 23.9 Å². The lowest BCUT2D eigenvalue weighted by Crippen LogP contribution is -2.63. The van der Waals surface area contributed by atoms with Gasteiger partial charge in [-0.1, -0.05) is 29.8 Å². The highest BCUT2D eigenvalue weighted by molar-refractivity contribution is 6.31. The molecule has 1 aliphatic heterocycles. The monoisotopic (exact) mass is 628 g/mol. The van der Waals surface area contributed by atoms with Gasteiger partial charge in [-0.3, -0.25) is 29.1 Å². The number of carbonyl (C=O) groups is 3. The maximum Gasteiger partial charge on any atom is 0.252 e. The average molecular weight is 629 g/mol. The molecule has 1 N–H and O–H groups in total. The lowest BCUT2D eigenvalue weighted by molar-refractivity contribution is -0.133. The molecule has 9 nitrogen and oxygen atoms in total. The molecule has 1 aromatic heterocycles. The Bertz CT molecular complexity index is 1640. The lowest BCUT2D eigenvalue weighted by atomic mass is 9.87. The summed E-state index contributed by atoms with van der Waals surface area (Å²) in [7, 11) is 1.58. The van der Waals surface area contributed by atoms with Crippen molar-refractivity contribution in [3.63, 3.8) is 0 Å². The molecule has 2 fully saturated rings. The number of pyridine rings is 1. The van der Waals surface area contributed by atoms with E-state index in [4.69, 9.17) is 11.6 Å². The van der Waals surface area contributed by atoms with E-state index in [2.05, 4.69) is 10.3 Å². The smallest absolute Gasteiger partial charge is 0.252 e. The Morgan fingerprint density at radius 1 is 1.14 bits per heavy atom. The number of anilines is 2. The number of nitriles is 1. The molecular formula is C30H25ClF4N6O3. The molecule has 2 aromatic carbocycles. The van der Waals surface area contributed by atoms with Crippen LogP contribution in [0.15, 0.2) is 60.8 Å². The number of amides is 3. The number of nitrogens with one attached hydrogen (secondary N) is 1. The zero-order valence-corrected chi connectivity index (χ0v) is 23.9. The first kappa shape index (κ1) is 30.9. The average Bonchev–Trinajstić information content (AvgIpc) is 2.94. The molecule has 3 amide bonds. The first-order valence-corrected chi connectivity index (χ1v) is 13.8. The summed E-state index contributed by atoms with van der Waals surface area (Å²) in [5, 5.41) is 11.9. The fourth-order valence-electron chi connectivity index (χ4n) is 5.40. The van der Waals surface area contributed by atoms with E-state index in [0.29, 0.717) is 6.07 Å². The maximum absolute atomic E-state index is 14.7. The van der Waals surface area contributed by atoms with Gasteiger partial charge in [-0.05, 0) is 37.4 Å². The van der Waals surface area contributed by atoms with Gasteiger partial charge in [0.15, 0.2) is 0 Å². The zero-order valence-electron chi connectivity index (χ0n) is 23.2. The SMILES string of the molecule is CN1CC(=O)N(c2cc(C#N)ccn2)C(C(=O)N(c2cc(F)cc(F)c2)C(C(=O)NC2CC(F)(F)C2)c2ccccc2Cl)C1. The van der Waals surface area contributed by atoms with E-state index < -0.39 is 66.2 Å². The van der Waals surface area contributed by atoms with Crippen LogP contribution in [0.1, 0.15) is 30.0 Å². The summed E-state index contributed by atoms with van der Waals surface area (Å²) in [6, 6.07) is 8.82. The van der Waals surface area contributed by atoms with Crippen LogP contribution in [0.5, 0.6) is 0 Å². The number of aromatic nitrogens is 1. The third-order valence-corrected chi connectivity index (χ3v) is 7.73. The van der Waals surface area contributed by atoms with Gasteiger partial charge in [-0.25, -0.2) is 22.5 Å². The van der Waals surface area contributed by atoms with Crippen LogP contribution in [-0.2, 0) is 14.4 Å². The molecule has 1 aliphatic carbocycles. The first-order valence-electron chi connectivity index (χ1n) is 13.5. The number of halogens is 5. The quantitative estimate of drug-likeness (QED) is 0.393. The number of likely N-dealkylation sites (N-methyl/N-ethyl adjacent to an activating group) is 1. The number of hydrogen-bond acceptors (Lipinski definition) is 6. The van der Waals surface area contributed by atoms with Crippen molar-refractivity contribution in [2.75, 3.05) is 29.9 Å². The van der Waals surface area contributed by atoms with Gasteiger partial charge in [0, 0.05) is 48.3 Å². The Hall–Kier alpha value is -4.54. The lowest BCUT2D eigenvalue weighted by Gasteiger charge is -2.42. The molecule has 2 unspecified atom stereocenters. The summed E-state index contributed by atoms with van der Waals surface area (Å²) >= 11 is 6.48. The van der Waals surface area contributed by atoms with Crippen LogP contribution in [0.4, 0.5) is 29.1 Å². The van der Waals surface area contributed by atoms with E-state index in [1.54, 1.807) is 18.0 Å². The van der Waals surface area contributed by atoms with Crippen LogP contribution in [0.25, 0.3) is 0 Å². The number of benzene rings is 2. The number of alkyl halides is 2. The van der Waals surface area contributed by atoms with Gasteiger partial charge < -0.3 is 5.32 Å². The van der Waals surface area contributed by atoms with Gasteiger partial charge in [-0.2, -0.15) is 5.26 Å². The van der Waals surface area contributed by atoms with E-state index >= 15 is 0 Å². The molecule has 2 aliphatic rings. The molecule has 5 rings (SSSR count). The highest BCUT2D eigenvalue weighted by Gasteiger charge is 2.48. The molecule has 14 heteroatoms. The molecule has 2 atom stereocenters. The summed E-state index contributed by atoms with van der Waals surface area (Å²) in [5.41, 5.74) is -0.184. The molecule has 1 saturated heterocycles. The third kappa shape index (κ3) is 6.36. The van der Waals surface area contributed by atoms with Crippen LogP contribution in [0.3, 0.4) is 0 Å². The second-order valence-electron chi connectivity index (χ2n) is 10.7. The highest BCUT2D eigenvalue weighted by Crippen LogP contribution is 2.39. The van der Waals surface area contributed by atoms with E-state index in [1.807, 2.05) is 6.07 Å². The highest BCUT2D eigenvalue weighted by atomic mass is 35.5. The van der Waals surface area contributed by atoms with Crippen molar-refractivity contribution in [3.05, 3.63) is 88.6 Å². The normalized spacial score (nSPS) is 19.1. The van der Waals surface area contributed by atoms with Gasteiger partial charge in [0.2, 0.25) is 11.8 Å². The molecule has 3 aromatic rings. The van der Waals surface area contributed by atoms with E-state index in [-0.39, 0.29) is 40.7 Å². The minimum Gasteiger partial charge on any atom is -0.351 e. The summed E-state index contributed by atoms with van der Waals surface area (Å²) < 4.78 is 56.6. The summed E-state index contributed by atoms with van der Waals surface area (Å²) in [5.74, 6) is -7.57. The van der Waals surface area contributed by atoms with Gasteiger partial charge in [0.25, 0.3) is 11.8 Å². The van der Waals surface area contributed by atoms with Crippen molar-refractivity contribution >= 4 is 40.8 Å². The minimum atomic E-state index is -2.97. The van der Waals surface area contributed by atoms with Crippen molar-refractivity contribution in [3.8, 4) is 6.07 Å².